The minimum atomic E-state index is -3.36. The molecule has 0 unspecified atom stereocenters. The van der Waals surface area contributed by atoms with E-state index in [1.54, 1.807) is 0 Å². The van der Waals surface area contributed by atoms with Crippen LogP contribution in [0.15, 0.2) is 0 Å². The summed E-state index contributed by atoms with van der Waals surface area (Å²) in [5.74, 6) is 0. The molecular formula is H3O3Te+. The van der Waals surface area contributed by atoms with Crippen LogP contribution in [0.25, 0.3) is 0 Å². The van der Waals surface area contributed by atoms with Crippen molar-refractivity contribution in [3.8, 4) is 0 Å². The Kier molecular flexibility index (Phi) is 2.27. The van der Waals surface area contributed by atoms with E-state index in [0.717, 1.165) is 0 Å². The van der Waals surface area contributed by atoms with E-state index in [1.807, 2.05) is 0 Å². The van der Waals surface area contributed by atoms with E-state index in [1.165, 1.54) is 0 Å². The van der Waals surface area contributed by atoms with Crippen LogP contribution in [0.3, 0.4) is 0 Å². The molecule has 0 aromatic carbocycles. The van der Waals surface area contributed by atoms with E-state index >= 15 is 0 Å². The Morgan fingerprint density at radius 3 is 1.00 bits per heavy atom. The molecule has 3 nitrogen and oxygen atoms in total. The summed E-state index contributed by atoms with van der Waals surface area (Å²) in [5, 5.41) is 0. The third kappa shape index (κ3) is 16.6. The Morgan fingerprint density at radius 2 is 1.00 bits per heavy atom. The predicted molar refractivity (Wildman–Crippen MR) is 12.4 cm³/mol. The number of hydrogen-bond donors (Lipinski definition) is 3. The van der Waals surface area contributed by atoms with Gasteiger partial charge in [-0.1, -0.05) is 0 Å². The Labute approximate surface area is 31.8 Å². The fourth-order valence-electron chi connectivity index (χ4n) is 0. The zero-order valence-corrected chi connectivity index (χ0v) is 4.08. The summed E-state index contributed by atoms with van der Waals surface area (Å²) in [5.41, 5.74) is 0. The zero-order chi connectivity index (χ0) is 3.58. The first-order valence-corrected chi connectivity index (χ1v) is 3.67. The van der Waals surface area contributed by atoms with Crippen LogP contribution in [0.1, 0.15) is 0 Å². The van der Waals surface area contributed by atoms with Gasteiger partial charge in [0.15, 0.2) is 0 Å². The first-order valence-electron chi connectivity index (χ1n) is 0.548. The quantitative estimate of drug-likeness (QED) is 0.374. The summed E-state index contributed by atoms with van der Waals surface area (Å²) >= 11 is -3.36. The SMILES string of the molecule is O[Te+](O)O. The second-order valence-electron chi connectivity index (χ2n) is 0.245. The van der Waals surface area contributed by atoms with Crippen LogP contribution >= 0.6 is 0 Å². The van der Waals surface area contributed by atoms with Gasteiger partial charge in [-0.2, -0.15) is 0 Å². The van der Waals surface area contributed by atoms with Gasteiger partial charge >= 0.3 is 31.2 Å². The number of hydrogen-bond acceptors (Lipinski definition) is 3. The molecule has 4 heteroatoms. The summed E-state index contributed by atoms with van der Waals surface area (Å²) < 4.78 is 22.0. The van der Waals surface area contributed by atoms with Crippen LogP contribution in [0.2, 0.25) is 0 Å². The molecule has 0 aliphatic carbocycles. The van der Waals surface area contributed by atoms with Crippen molar-refractivity contribution in [2.45, 2.75) is 0 Å². The molecule has 0 heterocycles. The molecule has 0 saturated heterocycles. The molecule has 0 spiro atoms. The van der Waals surface area contributed by atoms with Crippen molar-refractivity contribution in [1.82, 2.24) is 0 Å². The van der Waals surface area contributed by atoms with Gasteiger partial charge in [-0.3, -0.25) is 0 Å². The molecule has 4 heavy (non-hydrogen) atoms. The first-order chi connectivity index (χ1) is 1.73. The molecule has 26 valence electrons. The van der Waals surface area contributed by atoms with E-state index in [0.29, 0.717) is 0 Å². The van der Waals surface area contributed by atoms with Gasteiger partial charge in [0.2, 0.25) is 0 Å². The van der Waals surface area contributed by atoms with E-state index in [4.69, 9.17) is 10.4 Å². The van der Waals surface area contributed by atoms with Crippen LogP contribution in [-0.2, 0) is 0 Å². The van der Waals surface area contributed by atoms with Crippen molar-refractivity contribution in [2.75, 3.05) is 0 Å². The predicted octanol–water partition coefficient (Wildman–Crippen LogP) is -2.05. The van der Waals surface area contributed by atoms with Crippen LogP contribution in [0.4, 0.5) is 0 Å². The molecule has 0 atom stereocenters. The maximum absolute atomic E-state index is 7.34. The Morgan fingerprint density at radius 1 is 1.00 bits per heavy atom. The second kappa shape index (κ2) is 1.94. The van der Waals surface area contributed by atoms with Gasteiger partial charge in [-0.05, 0) is 0 Å². The van der Waals surface area contributed by atoms with Gasteiger partial charge in [-0.25, -0.2) is 0 Å². The molecule has 0 fully saturated rings. The number of rotatable bonds is 0. The fraction of sp³-hybridized carbons (Fsp3) is 0. The van der Waals surface area contributed by atoms with E-state index < -0.39 is 20.8 Å². The maximum atomic E-state index is 7.34. The van der Waals surface area contributed by atoms with Crippen LogP contribution < -0.4 is 0 Å². The summed E-state index contributed by atoms with van der Waals surface area (Å²) in [4.78, 5) is 0. The van der Waals surface area contributed by atoms with E-state index in [2.05, 4.69) is 0 Å². The van der Waals surface area contributed by atoms with Crippen molar-refractivity contribution in [2.24, 2.45) is 0 Å². The summed E-state index contributed by atoms with van der Waals surface area (Å²) in [6, 6.07) is 0. The fourth-order valence-corrected chi connectivity index (χ4v) is 0. The molecule has 0 aliphatic rings. The van der Waals surface area contributed by atoms with Gasteiger partial charge in [0.25, 0.3) is 0 Å². The normalized spacial score (nSPS) is 9.00. The molecular weight excluding hydrogens is 176 g/mol. The molecule has 0 radical (unpaired) electrons. The second-order valence-corrected chi connectivity index (χ2v) is 1.64. The Hall–Kier alpha value is 0.670. The third-order valence-electron chi connectivity index (χ3n) is 0. The third-order valence-corrected chi connectivity index (χ3v) is 0. The van der Waals surface area contributed by atoms with Gasteiger partial charge in [0, 0.05) is 0 Å². The summed E-state index contributed by atoms with van der Waals surface area (Å²) in [7, 11) is 0. The Bertz CT molecular complexity index is 8.00. The van der Waals surface area contributed by atoms with Crippen molar-refractivity contribution < 1.29 is 10.4 Å². The topological polar surface area (TPSA) is 60.7 Å². The van der Waals surface area contributed by atoms with Gasteiger partial charge in [-0.15, -0.1) is 0 Å². The Balaban J connectivity index is 2.32. The van der Waals surface area contributed by atoms with Crippen molar-refractivity contribution >= 4 is 20.8 Å². The van der Waals surface area contributed by atoms with Crippen molar-refractivity contribution in [3.63, 3.8) is 0 Å². The summed E-state index contributed by atoms with van der Waals surface area (Å²) in [6.07, 6.45) is 0. The minimum absolute atomic E-state index is 3.36. The van der Waals surface area contributed by atoms with E-state index in [-0.39, 0.29) is 0 Å². The molecule has 3 N–H and O–H groups in total. The molecule has 0 saturated carbocycles. The van der Waals surface area contributed by atoms with Crippen LogP contribution in [-0.4, -0.2) is 31.2 Å². The summed E-state index contributed by atoms with van der Waals surface area (Å²) in [6.45, 7) is 0. The molecule has 0 rings (SSSR count). The van der Waals surface area contributed by atoms with Crippen molar-refractivity contribution in [3.05, 3.63) is 0 Å². The van der Waals surface area contributed by atoms with Crippen LogP contribution in [0.5, 0.6) is 0 Å². The van der Waals surface area contributed by atoms with Gasteiger partial charge in [0.05, 0.1) is 0 Å². The average molecular weight is 179 g/mol. The first kappa shape index (κ1) is 4.67. The molecule has 0 aromatic rings. The average Bonchev–Trinajstić information content (AvgIpc) is 0.811. The van der Waals surface area contributed by atoms with Crippen LogP contribution in [0, 0.1) is 0 Å². The monoisotopic (exact) mass is 181 g/mol. The van der Waals surface area contributed by atoms with E-state index in [9.17, 15) is 0 Å². The molecule has 0 amide bonds. The molecule has 0 aliphatic heterocycles. The molecule has 0 aromatic heterocycles. The van der Waals surface area contributed by atoms with Gasteiger partial charge in [0.1, 0.15) is 0 Å². The van der Waals surface area contributed by atoms with Gasteiger partial charge < -0.3 is 0 Å². The van der Waals surface area contributed by atoms with Crippen molar-refractivity contribution in [1.29, 1.82) is 0 Å². The standard InChI is InChI=1S/H3O3Te/c1-4(2)3/h1-3H/q+1. The molecule has 0 bridgehead atoms. The zero-order valence-electron chi connectivity index (χ0n) is 1.75.